The first-order chi connectivity index (χ1) is 7.58. The fraction of sp³-hybridized carbons (Fsp3) is 0.636. The molecule has 104 valence electrons. The number of aromatic nitrogens is 1. The highest BCUT2D eigenvalue weighted by Crippen LogP contribution is 2.21. The van der Waals surface area contributed by atoms with Crippen molar-refractivity contribution < 1.29 is 4.79 Å². The summed E-state index contributed by atoms with van der Waals surface area (Å²) in [6.07, 6.45) is 2.02. The Morgan fingerprint density at radius 3 is 2.61 bits per heavy atom. The van der Waals surface area contributed by atoms with Gasteiger partial charge in [0, 0.05) is 19.1 Å². The van der Waals surface area contributed by atoms with Crippen molar-refractivity contribution in [2.24, 2.45) is 5.73 Å². The normalized spacial score (nSPS) is 18.8. The molecule has 1 aromatic heterocycles. The van der Waals surface area contributed by atoms with Gasteiger partial charge in [0.15, 0.2) is 0 Å². The maximum absolute atomic E-state index is 12.2. The molecule has 2 heterocycles. The van der Waals surface area contributed by atoms with Crippen molar-refractivity contribution >= 4 is 42.1 Å². The van der Waals surface area contributed by atoms with E-state index in [1.54, 1.807) is 0 Å². The average Bonchev–Trinajstić information content (AvgIpc) is 2.57. The fourth-order valence-electron chi connectivity index (χ4n) is 2.07. The average molecular weight is 312 g/mol. The number of hydrogen-bond donors (Lipinski definition) is 1. The van der Waals surface area contributed by atoms with Crippen molar-refractivity contribution in [3.63, 3.8) is 0 Å². The third-order valence-corrected chi connectivity index (χ3v) is 3.90. The predicted molar refractivity (Wildman–Crippen MR) is 79.2 cm³/mol. The Labute approximate surface area is 124 Å². The molecule has 1 atom stereocenters. The molecule has 0 bridgehead atoms. The molecule has 1 aromatic rings. The molecule has 1 aliphatic rings. The van der Waals surface area contributed by atoms with Gasteiger partial charge in [-0.15, -0.1) is 36.2 Å². The van der Waals surface area contributed by atoms with E-state index in [2.05, 4.69) is 4.98 Å². The van der Waals surface area contributed by atoms with Crippen LogP contribution in [0.1, 0.15) is 33.2 Å². The molecular weight excluding hydrogens is 293 g/mol. The van der Waals surface area contributed by atoms with E-state index in [-0.39, 0.29) is 36.8 Å². The number of hydrogen-bond acceptors (Lipinski definition) is 4. The monoisotopic (exact) mass is 311 g/mol. The van der Waals surface area contributed by atoms with Crippen LogP contribution in [0.4, 0.5) is 0 Å². The Kier molecular flexibility index (Phi) is 7.14. The minimum Gasteiger partial charge on any atom is -0.336 e. The van der Waals surface area contributed by atoms with E-state index >= 15 is 0 Å². The van der Waals surface area contributed by atoms with Gasteiger partial charge >= 0.3 is 0 Å². The molecule has 1 unspecified atom stereocenters. The van der Waals surface area contributed by atoms with Crippen molar-refractivity contribution in [2.75, 3.05) is 13.1 Å². The second-order valence-corrected chi connectivity index (χ2v) is 5.50. The number of carbonyl (C=O) groups is 1. The summed E-state index contributed by atoms with van der Waals surface area (Å²) in [5.74, 6) is 0.0956. The molecule has 2 rings (SSSR count). The number of nitrogens with two attached hydrogens (primary N) is 1. The second kappa shape index (κ2) is 7.28. The lowest BCUT2D eigenvalue weighted by molar-refractivity contribution is 0.0713. The van der Waals surface area contributed by atoms with Crippen LogP contribution in [-0.2, 0) is 0 Å². The van der Waals surface area contributed by atoms with E-state index in [4.69, 9.17) is 5.73 Å². The molecule has 0 saturated carbocycles. The van der Waals surface area contributed by atoms with Crippen molar-refractivity contribution in [1.29, 1.82) is 0 Å². The van der Waals surface area contributed by atoms with Gasteiger partial charge in [0.05, 0.1) is 10.7 Å². The van der Waals surface area contributed by atoms with Gasteiger partial charge in [-0.2, -0.15) is 0 Å². The van der Waals surface area contributed by atoms with Crippen LogP contribution in [0.15, 0.2) is 0 Å². The summed E-state index contributed by atoms with van der Waals surface area (Å²) in [5.41, 5.74) is 6.72. The Balaban J connectivity index is 0.00000144. The lowest BCUT2D eigenvalue weighted by atomic mass is 10.1. The van der Waals surface area contributed by atoms with Gasteiger partial charge < -0.3 is 10.6 Å². The largest absolute Gasteiger partial charge is 0.336 e. The summed E-state index contributed by atoms with van der Waals surface area (Å²) < 4.78 is 0. The number of amides is 1. The minimum atomic E-state index is 0. The molecule has 0 spiro atoms. The fourth-order valence-corrected chi connectivity index (χ4v) is 2.96. The number of halogens is 2. The molecular formula is C11H19Cl2N3OS. The molecule has 18 heavy (non-hydrogen) atoms. The van der Waals surface area contributed by atoms with Gasteiger partial charge in [0.1, 0.15) is 4.88 Å². The lowest BCUT2D eigenvalue weighted by Gasteiger charge is -2.30. The highest BCUT2D eigenvalue weighted by molar-refractivity contribution is 7.13. The Morgan fingerprint density at radius 1 is 1.44 bits per heavy atom. The molecule has 0 aromatic carbocycles. The van der Waals surface area contributed by atoms with Crippen molar-refractivity contribution in [3.8, 4) is 0 Å². The highest BCUT2D eigenvalue weighted by atomic mass is 35.5. The second-order valence-electron chi connectivity index (χ2n) is 4.30. The Hall–Kier alpha value is -0.360. The molecule has 1 aliphatic heterocycles. The number of carbonyl (C=O) groups excluding carboxylic acids is 1. The summed E-state index contributed by atoms with van der Waals surface area (Å²) in [6.45, 7) is 5.31. The summed E-state index contributed by atoms with van der Waals surface area (Å²) in [6, 6.07) is 0.132. The van der Waals surface area contributed by atoms with Gasteiger partial charge in [-0.25, -0.2) is 4.98 Å². The number of nitrogens with zero attached hydrogens (tertiary/aromatic N) is 2. The Bertz CT molecular complexity index is 411. The van der Waals surface area contributed by atoms with Crippen LogP contribution >= 0.6 is 36.2 Å². The predicted octanol–water partition coefficient (Wildman–Crippen LogP) is 2.17. The van der Waals surface area contributed by atoms with Crippen molar-refractivity contribution in [2.45, 2.75) is 32.7 Å². The van der Waals surface area contributed by atoms with Crippen LogP contribution in [-0.4, -0.2) is 34.9 Å². The van der Waals surface area contributed by atoms with E-state index in [1.807, 2.05) is 18.7 Å². The number of thiazole rings is 1. The summed E-state index contributed by atoms with van der Waals surface area (Å²) in [4.78, 5) is 19.1. The molecule has 0 aliphatic carbocycles. The molecule has 2 N–H and O–H groups in total. The SMILES string of the molecule is Cc1nc(C)c(C(=O)N2CCCC(N)C2)s1.Cl.Cl. The summed E-state index contributed by atoms with van der Waals surface area (Å²) >= 11 is 1.47. The van der Waals surface area contributed by atoms with Crippen LogP contribution < -0.4 is 5.73 Å². The first kappa shape index (κ1) is 17.6. The van der Waals surface area contributed by atoms with Gasteiger partial charge in [-0.3, -0.25) is 4.79 Å². The number of piperidine rings is 1. The highest BCUT2D eigenvalue weighted by Gasteiger charge is 2.24. The van der Waals surface area contributed by atoms with E-state index in [9.17, 15) is 4.79 Å². The van der Waals surface area contributed by atoms with Crippen LogP contribution in [0.5, 0.6) is 0 Å². The smallest absolute Gasteiger partial charge is 0.265 e. The van der Waals surface area contributed by atoms with Crippen LogP contribution in [0.2, 0.25) is 0 Å². The first-order valence-electron chi connectivity index (χ1n) is 5.57. The zero-order valence-corrected chi connectivity index (χ0v) is 13.0. The number of rotatable bonds is 1. The van der Waals surface area contributed by atoms with E-state index < -0.39 is 0 Å². The van der Waals surface area contributed by atoms with E-state index in [0.29, 0.717) is 6.54 Å². The van der Waals surface area contributed by atoms with Gasteiger partial charge in [-0.1, -0.05) is 0 Å². The van der Waals surface area contributed by atoms with Crippen molar-refractivity contribution in [3.05, 3.63) is 15.6 Å². The molecule has 0 radical (unpaired) electrons. The third kappa shape index (κ3) is 3.82. The maximum atomic E-state index is 12.2. The molecule has 1 saturated heterocycles. The van der Waals surface area contributed by atoms with Crippen LogP contribution in [0.3, 0.4) is 0 Å². The van der Waals surface area contributed by atoms with Gasteiger partial charge in [-0.05, 0) is 26.7 Å². The maximum Gasteiger partial charge on any atom is 0.265 e. The number of aryl methyl sites for hydroxylation is 2. The molecule has 1 fully saturated rings. The quantitative estimate of drug-likeness (QED) is 0.864. The number of likely N-dealkylation sites (tertiary alicyclic amines) is 1. The topological polar surface area (TPSA) is 59.2 Å². The van der Waals surface area contributed by atoms with Crippen LogP contribution in [0, 0.1) is 13.8 Å². The van der Waals surface area contributed by atoms with Crippen LogP contribution in [0.25, 0.3) is 0 Å². The summed E-state index contributed by atoms with van der Waals surface area (Å²) in [5, 5.41) is 0.946. The molecule has 7 heteroatoms. The molecule has 1 amide bonds. The standard InChI is InChI=1S/C11H17N3OS.2ClH/c1-7-10(16-8(2)13-7)11(15)14-5-3-4-9(12)6-14;;/h9H,3-6,12H2,1-2H3;2*1H. The van der Waals surface area contributed by atoms with E-state index in [0.717, 1.165) is 35.0 Å². The Morgan fingerprint density at radius 2 is 2.11 bits per heavy atom. The minimum absolute atomic E-state index is 0. The molecule has 4 nitrogen and oxygen atoms in total. The van der Waals surface area contributed by atoms with E-state index in [1.165, 1.54) is 11.3 Å². The van der Waals surface area contributed by atoms with Gasteiger partial charge in [0.25, 0.3) is 5.91 Å². The summed E-state index contributed by atoms with van der Waals surface area (Å²) in [7, 11) is 0. The third-order valence-electron chi connectivity index (χ3n) is 2.84. The zero-order valence-electron chi connectivity index (χ0n) is 10.5. The zero-order chi connectivity index (χ0) is 11.7. The first-order valence-corrected chi connectivity index (χ1v) is 6.38. The lowest BCUT2D eigenvalue weighted by Crippen LogP contribution is -2.45. The van der Waals surface area contributed by atoms with Crippen molar-refractivity contribution in [1.82, 2.24) is 9.88 Å². The van der Waals surface area contributed by atoms with Gasteiger partial charge in [0.2, 0.25) is 0 Å².